The molecule has 0 bridgehead atoms. The number of aliphatic hydroxyl groups is 1. The molecule has 0 spiro atoms. The van der Waals surface area contributed by atoms with Crippen molar-refractivity contribution >= 4 is 11.0 Å². The van der Waals surface area contributed by atoms with Gasteiger partial charge in [-0.15, -0.1) is 0 Å². The largest absolute Gasteiger partial charge is 0.493 e. The van der Waals surface area contributed by atoms with E-state index in [9.17, 15) is 5.11 Å². The summed E-state index contributed by atoms with van der Waals surface area (Å²) in [5, 5.41) is 14.1. The van der Waals surface area contributed by atoms with Crippen molar-refractivity contribution in [1.82, 2.24) is 5.32 Å². The van der Waals surface area contributed by atoms with E-state index in [4.69, 9.17) is 9.15 Å². The van der Waals surface area contributed by atoms with Crippen molar-refractivity contribution in [3.05, 3.63) is 30.0 Å². The highest BCUT2D eigenvalue weighted by Gasteiger charge is 2.28. The van der Waals surface area contributed by atoms with Crippen LogP contribution >= 0.6 is 0 Å². The quantitative estimate of drug-likeness (QED) is 0.887. The fourth-order valence-corrected chi connectivity index (χ4v) is 3.31. The van der Waals surface area contributed by atoms with E-state index < -0.39 is 0 Å². The van der Waals surface area contributed by atoms with Crippen LogP contribution in [0.25, 0.3) is 11.0 Å². The smallest absolute Gasteiger partial charge is 0.176 e. The number of aliphatic hydroxyl groups excluding tert-OH is 1. The van der Waals surface area contributed by atoms with E-state index >= 15 is 0 Å². The lowest BCUT2D eigenvalue weighted by Crippen LogP contribution is -2.35. The molecule has 3 atom stereocenters. The van der Waals surface area contributed by atoms with Gasteiger partial charge < -0.3 is 19.6 Å². The number of hydrogen-bond donors (Lipinski definition) is 2. The fraction of sp³-hybridized carbons (Fsp3) is 0.529. The first kappa shape index (κ1) is 14.4. The van der Waals surface area contributed by atoms with Gasteiger partial charge in [-0.05, 0) is 37.8 Å². The Morgan fingerprint density at radius 1 is 1.43 bits per heavy atom. The van der Waals surface area contributed by atoms with Crippen molar-refractivity contribution in [3.63, 3.8) is 0 Å². The number of rotatable bonds is 5. The van der Waals surface area contributed by atoms with Crippen LogP contribution < -0.4 is 10.1 Å². The molecule has 0 amide bonds. The summed E-state index contributed by atoms with van der Waals surface area (Å²) in [6, 6.07) is 8.48. The molecular weight excluding hydrogens is 266 g/mol. The minimum Gasteiger partial charge on any atom is -0.493 e. The monoisotopic (exact) mass is 289 g/mol. The molecule has 0 aliphatic heterocycles. The lowest BCUT2D eigenvalue weighted by Gasteiger charge is -2.22. The van der Waals surface area contributed by atoms with E-state index in [1.807, 2.05) is 18.2 Å². The Balaban J connectivity index is 1.80. The Labute approximate surface area is 125 Å². The molecule has 1 fully saturated rings. The van der Waals surface area contributed by atoms with Crippen LogP contribution in [-0.2, 0) is 0 Å². The predicted octanol–water partition coefficient (Wildman–Crippen LogP) is 3.25. The Morgan fingerprint density at radius 3 is 3.05 bits per heavy atom. The molecule has 1 aliphatic carbocycles. The van der Waals surface area contributed by atoms with Gasteiger partial charge in [-0.3, -0.25) is 0 Å². The minimum atomic E-state index is 0.124. The van der Waals surface area contributed by atoms with E-state index in [0.717, 1.165) is 35.3 Å². The van der Waals surface area contributed by atoms with E-state index in [1.54, 1.807) is 7.11 Å². The molecule has 2 N–H and O–H groups in total. The molecule has 114 valence electrons. The van der Waals surface area contributed by atoms with Crippen molar-refractivity contribution in [3.8, 4) is 5.75 Å². The SMILES string of the molecule is COc1cccc2cc(C(C)NC3CCCC3CO)oc12. The molecular formula is C17H23NO3. The zero-order chi connectivity index (χ0) is 14.8. The van der Waals surface area contributed by atoms with Crippen LogP contribution in [0, 0.1) is 5.92 Å². The number of methoxy groups -OCH3 is 1. The van der Waals surface area contributed by atoms with Crippen molar-refractivity contribution < 1.29 is 14.3 Å². The number of para-hydroxylation sites is 1. The summed E-state index contributed by atoms with van der Waals surface area (Å²) in [4.78, 5) is 0. The highest BCUT2D eigenvalue weighted by atomic mass is 16.5. The van der Waals surface area contributed by atoms with Crippen molar-refractivity contribution in [1.29, 1.82) is 0 Å². The van der Waals surface area contributed by atoms with Gasteiger partial charge in [-0.2, -0.15) is 0 Å². The third-order valence-corrected chi connectivity index (χ3v) is 4.53. The molecule has 3 unspecified atom stereocenters. The Morgan fingerprint density at radius 2 is 2.29 bits per heavy atom. The lowest BCUT2D eigenvalue weighted by molar-refractivity contribution is 0.198. The van der Waals surface area contributed by atoms with E-state index in [2.05, 4.69) is 18.3 Å². The predicted molar refractivity (Wildman–Crippen MR) is 82.5 cm³/mol. The normalized spacial score (nSPS) is 23.6. The average Bonchev–Trinajstić information content (AvgIpc) is 3.12. The van der Waals surface area contributed by atoms with Gasteiger partial charge >= 0.3 is 0 Å². The summed E-state index contributed by atoms with van der Waals surface area (Å²) in [5.74, 6) is 2.05. The summed E-state index contributed by atoms with van der Waals surface area (Å²) in [5.41, 5.74) is 0.800. The van der Waals surface area contributed by atoms with E-state index in [-0.39, 0.29) is 12.6 Å². The van der Waals surface area contributed by atoms with Gasteiger partial charge in [0.2, 0.25) is 0 Å². The Hall–Kier alpha value is -1.52. The zero-order valence-electron chi connectivity index (χ0n) is 12.6. The van der Waals surface area contributed by atoms with Crippen molar-refractivity contribution in [2.24, 2.45) is 5.92 Å². The van der Waals surface area contributed by atoms with Crippen LogP contribution in [0.1, 0.15) is 38.0 Å². The second kappa shape index (κ2) is 6.08. The van der Waals surface area contributed by atoms with E-state index in [0.29, 0.717) is 12.0 Å². The Bertz CT molecular complexity index is 607. The van der Waals surface area contributed by atoms with Gasteiger partial charge in [-0.1, -0.05) is 18.6 Å². The number of ether oxygens (including phenoxy) is 1. The highest BCUT2D eigenvalue weighted by molar-refractivity contribution is 5.83. The van der Waals surface area contributed by atoms with Gasteiger partial charge in [0.25, 0.3) is 0 Å². The van der Waals surface area contributed by atoms with Crippen LogP contribution in [0.2, 0.25) is 0 Å². The third-order valence-electron chi connectivity index (χ3n) is 4.53. The maximum Gasteiger partial charge on any atom is 0.176 e. The summed E-state index contributed by atoms with van der Waals surface area (Å²) in [6.07, 6.45) is 3.41. The minimum absolute atomic E-state index is 0.124. The zero-order valence-corrected chi connectivity index (χ0v) is 12.6. The topological polar surface area (TPSA) is 54.6 Å². The number of benzene rings is 1. The van der Waals surface area contributed by atoms with Crippen LogP contribution in [0.3, 0.4) is 0 Å². The second-order valence-electron chi connectivity index (χ2n) is 5.90. The Kier molecular flexibility index (Phi) is 4.17. The number of fused-ring (bicyclic) bond motifs is 1. The van der Waals surface area contributed by atoms with Crippen LogP contribution in [0.15, 0.2) is 28.7 Å². The first-order valence-electron chi connectivity index (χ1n) is 7.66. The van der Waals surface area contributed by atoms with Gasteiger partial charge in [0.1, 0.15) is 5.76 Å². The van der Waals surface area contributed by atoms with Crippen LogP contribution in [0.4, 0.5) is 0 Å². The van der Waals surface area contributed by atoms with Crippen molar-refractivity contribution in [2.45, 2.75) is 38.3 Å². The van der Waals surface area contributed by atoms with Gasteiger partial charge in [0.15, 0.2) is 11.3 Å². The molecule has 0 saturated heterocycles. The maximum absolute atomic E-state index is 9.42. The first-order valence-corrected chi connectivity index (χ1v) is 7.66. The summed E-state index contributed by atoms with van der Waals surface area (Å²) < 4.78 is 11.3. The maximum atomic E-state index is 9.42. The molecule has 1 heterocycles. The summed E-state index contributed by atoms with van der Waals surface area (Å²) in [7, 11) is 1.66. The second-order valence-corrected chi connectivity index (χ2v) is 5.90. The van der Waals surface area contributed by atoms with Gasteiger partial charge in [-0.25, -0.2) is 0 Å². The standard InChI is InChI=1S/C17H23NO3/c1-11(18-14-7-3-6-13(14)10-19)16-9-12-5-4-8-15(20-2)17(12)21-16/h4-5,8-9,11,13-14,18-19H,3,6-7,10H2,1-2H3. The third kappa shape index (κ3) is 2.78. The van der Waals surface area contributed by atoms with Gasteiger partial charge in [0, 0.05) is 18.0 Å². The molecule has 1 saturated carbocycles. The number of furan rings is 1. The lowest BCUT2D eigenvalue weighted by atomic mass is 10.0. The molecule has 1 aromatic heterocycles. The number of hydrogen-bond acceptors (Lipinski definition) is 4. The highest BCUT2D eigenvalue weighted by Crippen LogP contribution is 2.32. The molecule has 3 rings (SSSR count). The average molecular weight is 289 g/mol. The molecule has 1 aliphatic rings. The molecule has 2 aromatic rings. The summed E-state index contributed by atoms with van der Waals surface area (Å²) in [6.45, 7) is 2.37. The van der Waals surface area contributed by atoms with Crippen LogP contribution in [0.5, 0.6) is 5.75 Å². The number of nitrogens with one attached hydrogen (secondary N) is 1. The van der Waals surface area contributed by atoms with Gasteiger partial charge in [0.05, 0.1) is 13.2 Å². The fourth-order valence-electron chi connectivity index (χ4n) is 3.31. The molecule has 4 nitrogen and oxygen atoms in total. The summed E-state index contributed by atoms with van der Waals surface area (Å²) >= 11 is 0. The van der Waals surface area contributed by atoms with Crippen LogP contribution in [-0.4, -0.2) is 24.9 Å². The molecule has 4 heteroatoms. The molecule has 1 aromatic carbocycles. The van der Waals surface area contributed by atoms with E-state index in [1.165, 1.54) is 6.42 Å². The first-order chi connectivity index (χ1) is 10.2. The molecule has 0 radical (unpaired) electrons. The molecule has 21 heavy (non-hydrogen) atoms. The van der Waals surface area contributed by atoms with Crippen molar-refractivity contribution in [2.75, 3.05) is 13.7 Å².